The summed E-state index contributed by atoms with van der Waals surface area (Å²) in [6.45, 7) is 4.05. The Morgan fingerprint density at radius 1 is 0.976 bits per heavy atom. The second kappa shape index (κ2) is 15.7. The molecule has 0 aliphatic carbocycles. The van der Waals surface area contributed by atoms with Crippen molar-refractivity contribution < 1.29 is 24.3 Å². The van der Waals surface area contributed by atoms with Gasteiger partial charge in [0.1, 0.15) is 18.1 Å². The number of carboxylic acid groups (broad SMARTS) is 1. The average molecular weight is 583 g/mol. The number of aromatic amines is 2. The number of nitrogens with one attached hydrogen (secondary N) is 5. The van der Waals surface area contributed by atoms with E-state index in [-0.39, 0.29) is 18.8 Å². The maximum atomic E-state index is 13.7. The predicted molar refractivity (Wildman–Crippen MR) is 158 cm³/mol. The third-order valence-electron chi connectivity index (χ3n) is 7.43. The first-order valence-corrected chi connectivity index (χ1v) is 14.3. The number of imidazole rings is 1. The maximum Gasteiger partial charge on any atom is 0.326 e. The first-order chi connectivity index (χ1) is 20.1. The molecule has 0 aliphatic rings. The van der Waals surface area contributed by atoms with Gasteiger partial charge in [0.05, 0.1) is 12.4 Å². The predicted octanol–water partition coefficient (Wildman–Crippen LogP) is 0.718. The summed E-state index contributed by atoms with van der Waals surface area (Å²) in [6, 6.07) is 3.32. The van der Waals surface area contributed by atoms with Gasteiger partial charge < -0.3 is 42.5 Å². The first-order valence-electron chi connectivity index (χ1n) is 14.3. The van der Waals surface area contributed by atoms with Crippen LogP contribution in [0.1, 0.15) is 50.8 Å². The normalized spacial score (nSPS) is 14.9. The van der Waals surface area contributed by atoms with Gasteiger partial charge in [-0.25, -0.2) is 9.78 Å². The van der Waals surface area contributed by atoms with Crippen LogP contribution in [0.4, 0.5) is 0 Å². The van der Waals surface area contributed by atoms with Gasteiger partial charge in [0, 0.05) is 41.8 Å². The molecule has 1 aromatic carbocycles. The fourth-order valence-corrected chi connectivity index (χ4v) is 4.68. The zero-order chi connectivity index (χ0) is 30.6. The molecular weight excluding hydrogens is 540 g/mol. The number of fused-ring (bicyclic) bond motifs is 1. The molecule has 0 aliphatic heterocycles. The number of nitrogens with zero attached hydrogens (tertiary/aromatic N) is 1. The number of carbonyl (C=O) groups is 4. The maximum absolute atomic E-state index is 13.7. The van der Waals surface area contributed by atoms with Crippen LogP contribution in [0.5, 0.6) is 0 Å². The molecule has 42 heavy (non-hydrogen) atoms. The van der Waals surface area contributed by atoms with E-state index in [1.165, 1.54) is 12.5 Å². The Morgan fingerprint density at radius 3 is 2.33 bits per heavy atom. The second-order valence-electron chi connectivity index (χ2n) is 10.6. The number of para-hydroxylation sites is 1. The molecule has 5 atom stereocenters. The molecule has 0 saturated carbocycles. The Labute approximate surface area is 244 Å². The van der Waals surface area contributed by atoms with E-state index in [1.807, 2.05) is 31.2 Å². The summed E-state index contributed by atoms with van der Waals surface area (Å²) >= 11 is 0. The van der Waals surface area contributed by atoms with Gasteiger partial charge in [-0.15, -0.1) is 0 Å². The Morgan fingerprint density at radius 2 is 1.67 bits per heavy atom. The van der Waals surface area contributed by atoms with E-state index in [9.17, 15) is 24.3 Å². The number of hydrogen-bond donors (Lipinski definition) is 8. The molecule has 5 unspecified atom stereocenters. The molecule has 2 aromatic heterocycles. The molecule has 0 spiro atoms. The number of carbonyl (C=O) groups excluding carboxylic acids is 3. The van der Waals surface area contributed by atoms with Crippen molar-refractivity contribution in [3.8, 4) is 0 Å². The standard InChI is InChI=1S/C29H42N8O5/c1-3-17(2)25(29(41)42)37-28(40)23(12-18-14-33-22-10-5-4-8-20(18)22)36-27(39)24(13-19-15-32-16-34-19)35-26(38)21(31)9-6-7-11-30/h4-5,8,10,14-17,21,23-25,33H,3,6-7,9,11-13,30-31H2,1-2H3,(H,32,34)(H,35,38)(H,36,39)(H,37,40)(H,41,42). The van der Waals surface area contributed by atoms with Gasteiger partial charge in [0.25, 0.3) is 0 Å². The summed E-state index contributed by atoms with van der Waals surface area (Å²) in [5.74, 6) is -3.28. The number of amides is 3. The minimum Gasteiger partial charge on any atom is -0.480 e. The van der Waals surface area contributed by atoms with Crippen molar-refractivity contribution in [1.82, 2.24) is 30.9 Å². The Balaban J connectivity index is 1.86. The van der Waals surface area contributed by atoms with Crippen LogP contribution in [0, 0.1) is 5.92 Å². The van der Waals surface area contributed by atoms with Crippen LogP contribution in [0.25, 0.3) is 10.9 Å². The number of benzene rings is 1. The molecule has 3 rings (SSSR count). The quantitative estimate of drug-likeness (QED) is 0.106. The number of hydrogen-bond acceptors (Lipinski definition) is 7. The Bertz CT molecular complexity index is 1320. The lowest BCUT2D eigenvalue weighted by molar-refractivity contribution is -0.143. The van der Waals surface area contributed by atoms with E-state index < -0.39 is 47.9 Å². The van der Waals surface area contributed by atoms with Crippen LogP contribution < -0.4 is 27.4 Å². The van der Waals surface area contributed by atoms with Crippen LogP contribution in [-0.4, -0.2) is 74.5 Å². The number of rotatable bonds is 17. The van der Waals surface area contributed by atoms with Gasteiger partial charge in [-0.2, -0.15) is 0 Å². The lowest BCUT2D eigenvalue weighted by Gasteiger charge is -2.26. The summed E-state index contributed by atoms with van der Waals surface area (Å²) in [7, 11) is 0. The number of aromatic nitrogens is 3. The molecule has 0 fully saturated rings. The van der Waals surface area contributed by atoms with Crippen molar-refractivity contribution in [2.45, 2.75) is 76.5 Å². The molecule has 0 bridgehead atoms. The molecule has 2 heterocycles. The molecule has 13 heteroatoms. The van der Waals surface area contributed by atoms with Crippen LogP contribution >= 0.6 is 0 Å². The van der Waals surface area contributed by atoms with Crippen molar-refractivity contribution >= 4 is 34.6 Å². The molecule has 13 nitrogen and oxygen atoms in total. The molecule has 228 valence electrons. The molecule has 0 radical (unpaired) electrons. The number of aliphatic carboxylic acids is 1. The zero-order valence-electron chi connectivity index (χ0n) is 24.1. The van der Waals surface area contributed by atoms with Gasteiger partial charge in [0.2, 0.25) is 17.7 Å². The fraction of sp³-hybridized carbons (Fsp3) is 0.483. The average Bonchev–Trinajstić information content (AvgIpc) is 3.64. The largest absolute Gasteiger partial charge is 0.480 e. The fourth-order valence-electron chi connectivity index (χ4n) is 4.68. The first kappa shape index (κ1) is 32.3. The molecule has 3 amide bonds. The summed E-state index contributed by atoms with van der Waals surface area (Å²) in [5.41, 5.74) is 13.8. The highest BCUT2D eigenvalue weighted by molar-refractivity contribution is 5.95. The number of carboxylic acids is 1. The minimum atomic E-state index is -1.16. The topological polar surface area (TPSA) is 221 Å². The SMILES string of the molecule is CCC(C)C(NC(=O)C(Cc1c[nH]c2ccccc12)NC(=O)C(Cc1cnc[nH]1)NC(=O)C(N)CCCCN)C(=O)O. The van der Waals surface area contributed by atoms with Gasteiger partial charge in [-0.1, -0.05) is 44.9 Å². The van der Waals surface area contributed by atoms with Gasteiger partial charge in [-0.05, 0) is 36.9 Å². The molecule has 10 N–H and O–H groups in total. The highest BCUT2D eigenvalue weighted by atomic mass is 16.4. The van der Waals surface area contributed by atoms with Crippen LogP contribution in [0.3, 0.4) is 0 Å². The van der Waals surface area contributed by atoms with Crippen molar-refractivity contribution in [3.05, 3.63) is 54.2 Å². The molecular formula is C29H42N8O5. The van der Waals surface area contributed by atoms with E-state index in [0.717, 1.165) is 22.9 Å². The Hall–Kier alpha value is -4.23. The third-order valence-corrected chi connectivity index (χ3v) is 7.43. The lowest BCUT2D eigenvalue weighted by atomic mass is 9.97. The lowest BCUT2D eigenvalue weighted by Crippen LogP contribution is -2.58. The highest BCUT2D eigenvalue weighted by Gasteiger charge is 2.32. The molecule has 0 saturated heterocycles. The van der Waals surface area contributed by atoms with E-state index in [4.69, 9.17) is 11.5 Å². The van der Waals surface area contributed by atoms with Crippen molar-refractivity contribution in [2.24, 2.45) is 17.4 Å². The van der Waals surface area contributed by atoms with Gasteiger partial charge >= 0.3 is 5.97 Å². The van der Waals surface area contributed by atoms with Gasteiger partial charge in [-0.3, -0.25) is 14.4 Å². The Kier molecular flexibility index (Phi) is 12.1. The van der Waals surface area contributed by atoms with E-state index >= 15 is 0 Å². The van der Waals surface area contributed by atoms with Crippen LogP contribution in [0.15, 0.2) is 43.0 Å². The van der Waals surface area contributed by atoms with Crippen LogP contribution in [-0.2, 0) is 32.0 Å². The van der Waals surface area contributed by atoms with Crippen molar-refractivity contribution in [3.63, 3.8) is 0 Å². The van der Waals surface area contributed by atoms with E-state index in [0.29, 0.717) is 31.5 Å². The summed E-state index contributed by atoms with van der Waals surface area (Å²) in [6.07, 6.45) is 7.21. The summed E-state index contributed by atoms with van der Waals surface area (Å²) in [4.78, 5) is 62.2. The smallest absolute Gasteiger partial charge is 0.326 e. The monoisotopic (exact) mass is 582 g/mol. The number of nitrogens with two attached hydrogens (primary N) is 2. The number of H-pyrrole nitrogens is 2. The van der Waals surface area contributed by atoms with E-state index in [1.54, 1.807) is 13.1 Å². The summed E-state index contributed by atoms with van der Waals surface area (Å²) in [5, 5.41) is 18.7. The molecule has 3 aromatic rings. The zero-order valence-corrected chi connectivity index (χ0v) is 24.1. The van der Waals surface area contributed by atoms with Crippen LogP contribution in [0.2, 0.25) is 0 Å². The number of unbranched alkanes of at least 4 members (excludes halogenated alkanes) is 1. The second-order valence-corrected chi connectivity index (χ2v) is 10.6. The minimum absolute atomic E-state index is 0.0686. The van der Waals surface area contributed by atoms with E-state index in [2.05, 4.69) is 30.9 Å². The third kappa shape index (κ3) is 8.88. The van der Waals surface area contributed by atoms with Crippen molar-refractivity contribution in [1.29, 1.82) is 0 Å². The summed E-state index contributed by atoms with van der Waals surface area (Å²) < 4.78 is 0. The highest BCUT2D eigenvalue weighted by Crippen LogP contribution is 2.20. The van der Waals surface area contributed by atoms with Gasteiger partial charge in [0.15, 0.2) is 0 Å². The van der Waals surface area contributed by atoms with Crippen molar-refractivity contribution in [2.75, 3.05) is 6.54 Å².